The zero-order chi connectivity index (χ0) is 11.1. The summed E-state index contributed by atoms with van der Waals surface area (Å²) in [6.07, 6.45) is 0.850. The number of rotatable bonds is 2. The van der Waals surface area contributed by atoms with E-state index in [2.05, 4.69) is 4.90 Å². The van der Waals surface area contributed by atoms with E-state index in [1.807, 2.05) is 32.0 Å². The fourth-order valence-electron chi connectivity index (χ4n) is 2.05. The molecule has 0 spiro atoms. The van der Waals surface area contributed by atoms with Crippen molar-refractivity contribution in [3.63, 3.8) is 0 Å². The molecule has 0 aliphatic carbocycles. The Hall–Kier alpha value is -1.35. The molecule has 0 amide bonds. The van der Waals surface area contributed by atoms with Gasteiger partial charge < -0.3 is 10.0 Å². The SMILES string of the molecule is Cc1cc(C=O)ccc1N1CC(C)(O)C1. The van der Waals surface area contributed by atoms with Gasteiger partial charge in [-0.05, 0) is 37.6 Å². The summed E-state index contributed by atoms with van der Waals surface area (Å²) in [6.45, 7) is 5.14. The van der Waals surface area contributed by atoms with Crippen LogP contribution in [-0.2, 0) is 0 Å². The van der Waals surface area contributed by atoms with Crippen LogP contribution in [0.5, 0.6) is 0 Å². The van der Waals surface area contributed by atoms with Crippen LogP contribution in [0.3, 0.4) is 0 Å². The number of hydrogen-bond donors (Lipinski definition) is 1. The van der Waals surface area contributed by atoms with E-state index in [-0.39, 0.29) is 0 Å². The second-order valence-electron chi connectivity index (χ2n) is 4.52. The highest BCUT2D eigenvalue weighted by atomic mass is 16.3. The summed E-state index contributed by atoms with van der Waals surface area (Å²) in [4.78, 5) is 12.7. The Morgan fingerprint density at radius 3 is 2.60 bits per heavy atom. The Labute approximate surface area is 89.3 Å². The minimum absolute atomic E-state index is 0.560. The molecule has 1 aromatic carbocycles. The van der Waals surface area contributed by atoms with Crippen molar-refractivity contribution in [3.05, 3.63) is 29.3 Å². The summed E-state index contributed by atoms with van der Waals surface area (Å²) in [5, 5.41) is 9.64. The highest BCUT2D eigenvalue weighted by Gasteiger charge is 2.36. The number of β-amino-alcohol motifs (C(OH)–C–C–N with tert-alkyl or cyclic N) is 1. The fraction of sp³-hybridized carbons (Fsp3) is 0.417. The van der Waals surface area contributed by atoms with Crippen LogP contribution < -0.4 is 4.90 Å². The Kier molecular flexibility index (Phi) is 2.27. The summed E-state index contributed by atoms with van der Waals surface area (Å²) >= 11 is 0. The van der Waals surface area contributed by atoms with Crippen molar-refractivity contribution in [2.45, 2.75) is 19.4 Å². The third kappa shape index (κ3) is 1.88. The van der Waals surface area contributed by atoms with Crippen LogP contribution in [0.15, 0.2) is 18.2 Å². The van der Waals surface area contributed by atoms with E-state index in [1.54, 1.807) is 0 Å². The lowest BCUT2D eigenvalue weighted by atomic mass is 9.95. The summed E-state index contributed by atoms with van der Waals surface area (Å²) < 4.78 is 0. The fourth-order valence-corrected chi connectivity index (χ4v) is 2.05. The predicted octanol–water partition coefficient (Wildman–Crippen LogP) is 1.38. The van der Waals surface area contributed by atoms with E-state index in [0.717, 1.165) is 17.5 Å². The van der Waals surface area contributed by atoms with Gasteiger partial charge in [0.05, 0.1) is 5.60 Å². The second-order valence-corrected chi connectivity index (χ2v) is 4.52. The lowest BCUT2D eigenvalue weighted by molar-refractivity contribution is 0.0310. The van der Waals surface area contributed by atoms with Gasteiger partial charge in [0.1, 0.15) is 6.29 Å². The van der Waals surface area contributed by atoms with Gasteiger partial charge in [0.15, 0.2) is 0 Å². The van der Waals surface area contributed by atoms with Gasteiger partial charge in [0.25, 0.3) is 0 Å². The number of aliphatic hydroxyl groups is 1. The molecule has 1 aliphatic heterocycles. The third-order valence-electron chi connectivity index (χ3n) is 2.76. The normalized spacial score (nSPS) is 18.5. The van der Waals surface area contributed by atoms with Crippen LogP contribution in [0.1, 0.15) is 22.8 Å². The summed E-state index contributed by atoms with van der Waals surface area (Å²) in [7, 11) is 0. The van der Waals surface area contributed by atoms with Gasteiger partial charge in [-0.1, -0.05) is 0 Å². The number of carbonyl (C=O) groups is 1. The molecule has 0 atom stereocenters. The molecule has 1 heterocycles. The first-order valence-corrected chi connectivity index (χ1v) is 5.05. The average molecular weight is 205 g/mol. The monoisotopic (exact) mass is 205 g/mol. The molecule has 80 valence electrons. The van der Waals surface area contributed by atoms with Crippen LogP contribution in [0, 0.1) is 6.92 Å². The van der Waals surface area contributed by atoms with Crippen LogP contribution in [0.25, 0.3) is 0 Å². The molecule has 0 radical (unpaired) electrons. The van der Waals surface area contributed by atoms with Crippen molar-refractivity contribution < 1.29 is 9.90 Å². The molecule has 3 nitrogen and oxygen atoms in total. The zero-order valence-electron chi connectivity index (χ0n) is 9.03. The van der Waals surface area contributed by atoms with Crippen molar-refractivity contribution in [1.29, 1.82) is 0 Å². The molecular formula is C12H15NO2. The molecular weight excluding hydrogens is 190 g/mol. The number of nitrogens with zero attached hydrogens (tertiary/aromatic N) is 1. The third-order valence-corrected chi connectivity index (χ3v) is 2.76. The first-order valence-electron chi connectivity index (χ1n) is 5.05. The molecule has 0 saturated carbocycles. The van der Waals surface area contributed by atoms with Crippen molar-refractivity contribution in [2.24, 2.45) is 0 Å². The molecule has 1 fully saturated rings. The first kappa shape index (κ1) is 10.2. The van der Waals surface area contributed by atoms with Gasteiger partial charge in [-0.2, -0.15) is 0 Å². The molecule has 1 aliphatic rings. The topological polar surface area (TPSA) is 40.5 Å². The molecule has 15 heavy (non-hydrogen) atoms. The Bertz CT molecular complexity index is 391. The minimum atomic E-state index is -0.560. The molecule has 0 bridgehead atoms. The maximum Gasteiger partial charge on any atom is 0.150 e. The van der Waals surface area contributed by atoms with Gasteiger partial charge in [-0.25, -0.2) is 0 Å². The van der Waals surface area contributed by atoms with Crippen molar-refractivity contribution in [3.8, 4) is 0 Å². The summed E-state index contributed by atoms with van der Waals surface area (Å²) in [5.41, 5.74) is 2.32. The van der Waals surface area contributed by atoms with Crippen molar-refractivity contribution >= 4 is 12.0 Å². The van der Waals surface area contributed by atoms with Crippen LogP contribution in [0.2, 0.25) is 0 Å². The molecule has 0 unspecified atom stereocenters. The van der Waals surface area contributed by atoms with E-state index >= 15 is 0 Å². The quantitative estimate of drug-likeness (QED) is 0.741. The molecule has 1 saturated heterocycles. The van der Waals surface area contributed by atoms with E-state index in [4.69, 9.17) is 0 Å². The van der Waals surface area contributed by atoms with Gasteiger partial charge in [0, 0.05) is 24.3 Å². The number of aldehydes is 1. The Morgan fingerprint density at radius 2 is 2.13 bits per heavy atom. The van der Waals surface area contributed by atoms with Gasteiger partial charge in [-0.15, -0.1) is 0 Å². The second kappa shape index (κ2) is 3.35. The molecule has 1 N–H and O–H groups in total. The lowest BCUT2D eigenvalue weighted by Gasteiger charge is -2.46. The molecule has 0 aromatic heterocycles. The van der Waals surface area contributed by atoms with E-state index in [0.29, 0.717) is 18.7 Å². The molecule has 2 rings (SSSR count). The average Bonchev–Trinajstić information content (AvgIpc) is 2.14. The Morgan fingerprint density at radius 1 is 1.47 bits per heavy atom. The number of benzene rings is 1. The number of aryl methyl sites for hydroxylation is 1. The first-order chi connectivity index (χ1) is 7.02. The van der Waals surface area contributed by atoms with Gasteiger partial charge in [0.2, 0.25) is 0 Å². The van der Waals surface area contributed by atoms with Crippen LogP contribution >= 0.6 is 0 Å². The van der Waals surface area contributed by atoms with Crippen molar-refractivity contribution in [1.82, 2.24) is 0 Å². The maximum absolute atomic E-state index is 10.6. The van der Waals surface area contributed by atoms with Crippen LogP contribution in [-0.4, -0.2) is 30.1 Å². The number of carbonyl (C=O) groups excluding carboxylic acids is 1. The summed E-state index contributed by atoms with van der Waals surface area (Å²) in [5.74, 6) is 0. The highest BCUT2D eigenvalue weighted by molar-refractivity contribution is 5.77. The van der Waals surface area contributed by atoms with Gasteiger partial charge in [-0.3, -0.25) is 4.79 Å². The maximum atomic E-state index is 10.6. The lowest BCUT2D eigenvalue weighted by Crippen LogP contribution is -2.60. The van der Waals surface area contributed by atoms with E-state index < -0.39 is 5.60 Å². The number of anilines is 1. The predicted molar refractivity (Wildman–Crippen MR) is 59.4 cm³/mol. The summed E-state index contributed by atoms with van der Waals surface area (Å²) in [6, 6.07) is 5.62. The van der Waals surface area contributed by atoms with Gasteiger partial charge >= 0.3 is 0 Å². The van der Waals surface area contributed by atoms with E-state index in [9.17, 15) is 9.90 Å². The number of hydrogen-bond acceptors (Lipinski definition) is 3. The van der Waals surface area contributed by atoms with E-state index in [1.165, 1.54) is 0 Å². The Balaban J connectivity index is 2.20. The largest absolute Gasteiger partial charge is 0.386 e. The standard InChI is InChI=1S/C12H15NO2/c1-9-5-10(6-14)3-4-11(9)13-7-12(2,15)8-13/h3-6,15H,7-8H2,1-2H3. The van der Waals surface area contributed by atoms with Crippen molar-refractivity contribution in [2.75, 3.05) is 18.0 Å². The highest BCUT2D eigenvalue weighted by Crippen LogP contribution is 2.29. The van der Waals surface area contributed by atoms with Crippen LogP contribution in [0.4, 0.5) is 5.69 Å². The molecule has 1 aromatic rings. The minimum Gasteiger partial charge on any atom is -0.386 e. The zero-order valence-corrected chi connectivity index (χ0v) is 9.03. The smallest absolute Gasteiger partial charge is 0.150 e. The molecule has 3 heteroatoms.